The monoisotopic (exact) mass is 343 g/mol. The van der Waals surface area contributed by atoms with E-state index in [9.17, 15) is 4.79 Å². The minimum absolute atomic E-state index is 0.254. The van der Waals surface area contributed by atoms with Gasteiger partial charge in [0.25, 0.3) is 5.91 Å². The molecule has 0 spiro atoms. The van der Waals surface area contributed by atoms with Crippen LogP contribution in [0.15, 0.2) is 41.9 Å². The molecule has 0 aliphatic carbocycles. The largest absolute Gasteiger partial charge is 0.298 e. The van der Waals surface area contributed by atoms with E-state index in [-0.39, 0.29) is 5.91 Å². The van der Waals surface area contributed by atoms with Crippen LogP contribution < -0.4 is 5.32 Å². The van der Waals surface area contributed by atoms with Gasteiger partial charge in [-0.3, -0.25) is 10.1 Å². The van der Waals surface area contributed by atoms with Crippen LogP contribution in [0.5, 0.6) is 0 Å². The molecule has 4 nitrogen and oxygen atoms in total. The van der Waals surface area contributed by atoms with Crippen LogP contribution in [0.1, 0.15) is 21.5 Å². The third kappa shape index (κ3) is 3.57. The zero-order valence-corrected chi connectivity index (χ0v) is 14.2. The lowest BCUT2D eigenvalue weighted by Gasteiger charge is -2.04. The number of aryl methyl sites for hydroxylation is 2. The van der Waals surface area contributed by atoms with Gasteiger partial charge < -0.3 is 0 Å². The number of benzene rings is 1. The molecule has 2 heterocycles. The number of nitrogens with one attached hydrogen (secondary N) is 1. The van der Waals surface area contributed by atoms with Gasteiger partial charge in [-0.2, -0.15) is 0 Å². The molecule has 0 aliphatic heterocycles. The number of carbonyl (C=O) groups is 1. The number of halogens is 1. The molecule has 0 aliphatic rings. The minimum Gasteiger partial charge on any atom is -0.298 e. The summed E-state index contributed by atoms with van der Waals surface area (Å²) in [4.78, 5) is 20.6. The Morgan fingerprint density at radius 2 is 2.04 bits per heavy atom. The number of nitrogens with zero attached hydrogens (tertiary/aromatic N) is 2. The summed E-state index contributed by atoms with van der Waals surface area (Å²) in [7, 11) is 0. The molecule has 0 bridgehead atoms. The normalized spacial score (nSPS) is 10.6. The summed E-state index contributed by atoms with van der Waals surface area (Å²) in [6.45, 7) is 4.11. The third-order valence-corrected chi connectivity index (χ3v) is 4.35. The van der Waals surface area contributed by atoms with Crippen molar-refractivity contribution in [2.45, 2.75) is 13.8 Å². The highest BCUT2D eigenvalue weighted by molar-refractivity contribution is 7.14. The second kappa shape index (κ2) is 6.48. The maximum Gasteiger partial charge on any atom is 0.259 e. The Morgan fingerprint density at radius 1 is 1.22 bits per heavy atom. The van der Waals surface area contributed by atoms with Crippen molar-refractivity contribution in [2.75, 3.05) is 5.32 Å². The van der Waals surface area contributed by atoms with Crippen molar-refractivity contribution in [3.8, 4) is 11.3 Å². The predicted octanol–water partition coefficient (Wildman–Crippen LogP) is 4.73. The van der Waals surface area contributed by atoms with Crippen molar-refractivity contribution in [3.05, 3.63) is 63.8 Å². The lowest BCUT2D eigenvalue weighted by Crippen LogP contribution is -2.11. The summed E-state index contributed by atoms with van der Waals surface area (Å²) in [6, 6.07) is 9.43. The molecule has 0 fully saturated rings. The number of pyridine rings is 1. The second-order valence-corrected chi connectivity index (χ2v) is 6.43. The van der Waals surface area contributed by atoms with Crippen molar-refractivity contribution in [1.82, 2.24) is 9.97 Å². The topological polar surface area (TPSA) is 54.9 Å². The fourth-order valence-corrected chi connectivity index (χ4v) is 3.05. The second-order valence-electron chi connectivity index (χ2n) is 5.18. The Morgan fingerprint density at radius 3 is 2.74 bits per heavy atom. The molecule has 0 saturated heterocycles. The standard InChI is InChI=1S/C17H14ClN3OS/c1-10-3-5-13(11(2)7-10)14-9-23-17(20-14)21-16(22)12-4-6-15(18)19-8-12/h3-9H,1-2H3,(H,20,21,22). The number of amides is 1. The quantitative estimate of drug-likeness (QED) is 0.699. The molecule has 0 atom stereocenters. The number of thiazole rings is 1. The van der Waals surface area contributed by atoms with E-state index in [1.165, 1.54) is 23.1 Å². The van der Waals surface area contributed by atoms with Gasteiger partial charge in [0.2, 0.25) is 0 Å². The summed E-state index contributed by atoms with van der Waals surface area (Å²) in [5.74, 6) is -0.254. The maximum absolute atomic E-state index is 12.2. The van der Waals surface area contributed by atoms with E-state index in [0.717, 1.165) is 16.8 Å². The highest BCUT2D eigenvalue weighted by atomic mass is 35.5. The lowest BCUT2D eigenvalue weighted by atomic mass is 10.0. The molecule has 23 heavy (non-hydrogen) atoms. The Labute approximate surface area is 143 Å². The fraction of sp³-hybridized carbons (Fsp3) is 0.118. The van der Waals surface area contributed by atoms with E-state index in [1.54, 1.807) is 12.1 Å². The van der Waals surface area contributed by atoms with Crippen molar-refractivity contribution in [2.24, 2.45) is 0 Å². The Kier molecular flexibility index (Phi) is 4.41. The number of hydrogen-bond donors (Lipinski definition) is 1. The van der Waals surface area contributed by atoms with Crippen molar-refractivity contribution in [1.29, 1.82) is 0 Å². The van der Waals surface area contributed by atoms with Gasteiger partial charge in [-0.05, 0) is 31.5 Å². The summed E-state index contributed by atoms with van der Waals surface area (Å²) in [5.41, 5.74) is 4.75. The van der Waals surface area contributed by atoms with Crippen molar-refractivity contribution >= 4 is 34.0 Å². The van der Waals surface area contributed by atoms with Gasteiger partial charge >= 0.3 is 0 Å². The smallest absolute Gasteiger partial charge is 0.259 e. The fourth-order valence-electron chi connectivity index (χ4n) is 2.24. The molecule has 0 saturated carbocycles. The molecule has 116 valence electrons. The molecular formula is C17H14ClN3OS. The zero-order valence-electron chi connectivity index (χ0n) is 12.6. The van der Waals surface area contributed by atoms with Crippen LogP contribution in [0.4, 0.5) is 5.13 Å². The molecular weight excluding hydrogens is 330 g/mol. The first-order valence-electron chi connectivity index (χ1n) is 6.99. The first kappa shape index (κ1) is 15.6. The summed E-state index contributed by atoms with van der Waals surface area (Å²) in [5, 5.41) is 5.63. The van der Waals surface area contributed by atoms with Gasteiger partial charge in [0, 0.05) is 17.1 Å². The van der Waals surface area contributed by atoms with Gasteiger partial charge in [0.15, 0.2) is 5.13 Å². The molecule has 1 N–H and O–H groups in total. The SMILES string of the molecule is Cc1ccc(-c2csc(NC(=O)c3ccc(Cl)nc3)n2)c(C)c1. The van der Waals surface area contributed by atoms with Crippen LogP contribution in [0.25, 0.3) is 11.3 Å². The number of anilines is 1. The van der Waals surface area contributed by atoms with Crippen molar-refractivity contribution in [3.63, 3.8) is 0 Å². The molecule has 3 aromatic rings. The molecule has 2 aromatic heterocycles. The Bertz CT molecular complexity index is 859. The predicted molar refractivity (Wildman–Crippen MR) is 94.2 cm³/mol. The molecule has 1 aromatic carbocycles. The summed E-state index contributed by atoms with van der Waals surface area (Å²) in [6.07, 6.45) is 1.44. The number of rotatable bonds is 3. The third-order valence-electron chi connectivity index (χ3n) is 3.37. The molecule has 6 heteroatoms. The Balaban J connectivity index is 1.79. The van der Waals surface area contributed by atoms with Crippen LogP contribution in [0.3, 0.4) is 0 Å². The minimum atomic E-state index is -0.254. The van der Waals surface area contributed by atoms with E-state index in [4.69, 9.17) is 11.6 Å². The van der Waals surface area contributed by atoms with Crippen LogP contribution in [-0.4, -0.2) is 15.9 Å². The van der Waals surface area contributed by atoms with Gasteiger partial charge in [0.05, 0.1) is 11.3 Å². The number of hydrogen-bond acceptors (Lipinski definition) is 4. The van der Waals surface area contributed by atoms with Crippen LogP contribution in [0.2, 0.25) is 5.15 Å². The summed E-state index contributed by atoms with van der Waals surface area (Å²) >= 11 is 7.11. The van der Waals surface area contributed by atoms with E-state index in [2.05, 4.69) is 47.3 Å². The van der Waals surface area contributed by atoms with E-state index in [0.29, 0.717) is 15.8 Å². The van der Waals surface area contributed by atoms with Gasteiger partial charge in [-0.15, -0.1) is 11.3 Å². The maximum atomic E-state index is 12.2. The van der Waals surface area contributed by atoms with Crippen LogP contribution in [0, 0.1) is 13.8 Å². The molecule has 3 rings (SSSR count). The highest BCUT2D eigenvalue weighted by Crippen LogP contribution is 2.28. The number of carbonyl (C=O) groups excluding carboxylic acids is 1. The first-order chi connectivity index (χ1) is 11.0. The molecule has 1 amide bonds. The van der Waals surface area contributed by atoms with Gasteiger partial charge in [0.1, 0.15) is 5.15 Å². The van der Waals surface area contributed by atoms with Gasteiger partial charge in [-0.1, -0.05) is 35.4 Å². The average Bonchev–Trinajstić information content (AvgIpc) is 2.96. The Hall–Kier alpha value is -2.24. The average molecular weight is 344 g/mol. The molecule has 0 unspecified atom stereocenters. The van der Waals surface area contributed by atoms with E-state index < -0.39 is 0 Å². The zero-order chi connectivity index (χ0) is 16.4. The number of aromatic nitrogens is 2. The van der Waals surface area contributed by atoms with Crippen LogP contribution in [-0.2, 0) is 0 Å². The summed E-state index contributed by atoms with van der Waals surface area (Å²) < 4.78 is 0. The van der Waals surface area contributed by atoms with E-state index in [1.807, 2.05) is 5.38 Å². The molecule has 0 radical (unpaired) electrons. The lowest BCUT2D eigenvalue weighted by molar-refractivity contribution is 0.102. The first-order valence-corrected chi connectivity index (χ1v) is 8.25. The highest BCUT2D eigenvalue weighted by Gasteiger charge is 2.11. The van der Waals surface area contributed by atoms with Gasteiger partial charge in [-0.25, -0.2) is 9.97 Å². The van der Waals surface area contributed by atoms with E-state index >= 15 is 0 Å². The van der Waals surface area contributed by atoms with Crippen LogP contribution >= 0.6 is 22.9 Å². The van der Waals surface area contributed by atoms with Crippen molar-refractivity contribution < 1.29 is 4.79 Å².